The molecule has 2 fully saturated rings. The highest BCUT2D eigenvalue weighted by Crippen LogP contribution is 2.53. The predicted octanol–water partition coefficient (Wildman–Crippen LogP) is 1.94. The fraction of sp³-hybridized carbons (Fsp3) is 0.571. The Balaban J connectivity index is 1.84. The molecule has 6 heteroatoms. The van der Waals surface area contributed by atoms with Crippen LogP contribution >= 0.6 is 0 Å². The topological polar surface area (TPSA) is 46.0 Å². The van der Waals surface area contributed by atoms with Crippen LogP contribution in [0.25, 0.3) is 0 Å². The minimum absolute atomic E-state index is 0.117. The van der Waals surface area contributed by atoms with Gasteiger partial charge in [0.2, 0.25) is 0 Å². The second-order valence-corrected chi connectivity index (χ2v) is 8.13. The van der Waals surface area contributed by atoms with Gasteiger partial charge in [0.05, 0.1) is 24.3 Å². The molecule has 2 saturated heterocycles. The highest BCUT2D eigenvalue weighted by atomic mass is 16.7. The number of allylic oxidation sites excluding steroid dienone is 4. The lowest BCUT2D eigenvalue weighted by Gasteiger charge is -2.41. The normalized spacial score (nSPS) is 30.9. The summed E-state index contributed by atoms with van der Waals surface area (Å²) in [7, 11) is 6.12. The SMILES string of the molecule is CON1C=CC(N2CCN(C)CC2)=C2CN(C)CC23C/C(=C\C#N)CC=C13. The molecule has 144 valence electrons. The molecule has 3 heterocycles. The molecule has 0 bridgehead atoms. The van der Waals surface area contributed by atoms with Crippen molar-refractivity contribution in [2.45, 2.75) is 12.8 Å². The van der Waals surface area contributed by atoms with Gasteiger partial charge in [-0.2, -0.15) is 5.26 Å². The molecule has 4 rings (SSSR count). The quantitative estimate of drug-likeness (QED) is 0.695. The van der Waals surface area contributed by atoms with Crippen LogP contribution in [0.15, 0.2) is 47.0 Å². The van der Waals surface area contributed by atoms with E-state index in [0.717, 1.165) is 52.1 Å². The number of likely N-dealkylation sites (tertiary alicyclic amines) is 1. The van der Waals surface area contributed by atoms with Crippen molar-refractivity contribution in [3.63, 3.8) is 0 Å². The van der Waals surface area contributed by atoms with Crippen LogP contribution in [0.3, 0.4) is 0 Å². The summed E-state index contributed by atoms with van der Waals surface area (Å²) in [5, 5.41) is 11.1. The summed E-state index contributed by atoms with van der Waals surface area (Å²) >= 11 is 0. The number of hydrogen-bond acceptors (Lipinski definition) is 6. The second kappa shape index (κ2) is 7.16. The third-order valence-corrected chi connectivity index (χ3v) is 6.35. The van der Waals surface area contributed by atoms with E-state index in [1.165, 1.54) is 22.5 Å². The summed E-state index contributed by atoms with van der Waals surface area (Å²) in [6, 6.07) is 2.24. The van der Waals surface area contributed by atoms with Crippen LogP contribution in [-0.2, 0) is 4.84 Å². The molecule has 1 atom stereocenters. The Hall–Kier alpha value is -2.07. The zero-order chi connectivity index (χ0) is 19.0. The summed E-state index contributed by atoms with van der Waals surface area (Å²) in [5.74, 6) is 0. The largest absolute Gasteiger partial charge is 0.369 e. The number of nitriles is 1. The van der Waals surface area contributed by atoms with Gasteiger partial charge in [-0.15, -0.1) is 0 Å². The summed E-state index contributed by atoms with van der Waals surface area (Å²) in [6.07, 6.45) is 10.0. The van der Waals surface area contributed by atoms with E-state index < -0.39 is 0 Å². The van der Waals surface area contributed by atoms with Crippen molar-refractivity contribution < 1.29 is 4.84 Å². The van der Waals surface area contributed by atoms with Gasteiger partial charge < -0.3 is 14.7 Å². The van der Waals surface area contributed by atoms with Crippen LogP contribution in [-0.4, -0.2) is 80.2 Å². The molecule has 0 amide bonds. The maximum atomic E-state index is 9.21. The first-order chi connectivity index (χ1) is 13.1. The zero-order valence-electron chi connectivity index (χ0n) is 16.6. The maximum absolute atomic E-state index is 9.21. The Morgan fingerprint density at radius 3 is 2.67 bits per heavy atom. The van der Waals surface area contributed by atoms with Gasteiger partial charge in [0, 0.05) is 57.2 Å². The minimum Gasteiger partial charge on any atom is -0.369 e. The van der Waals surface area contributed by atoms with Gasteiger partial charge in [-0.3, -0.25) is 4.84 Å². The van der Waals surface area contributed by atoms with Crippen LogP contribution in [0.1, 0.15) is 12.8 Å². The first kappa shape index (κ1) is 18.3. The van der Waals surface area contributed by atoms with Crippen molar-refractivity contribution in [3.8, 4) is 6.07 Å². The zero-order valence-corrected chi connectivity index (χ0v) is 16.6. The predicted molar refractivity (Wildman–Crippen MR) is 105 cm³/mol. The van der Waals surface area contributed by atoms with Crippen molar-refractivity contribution in [1.82, 2.24) is 19.8 Å². The number of piperazine rings is 1. The summed E-state index contributed by atoms with van der Waals surface area (Å²) < 4.78 is 0. The van der Waals surface area contributed by atoms with E-state index in [2.05, 4.69) is 53.2 Å². The first-order valence-corrected chi connectivity index (χ1v) is 9.73. The molecule has 0 aromatic rings. The van der Waals surface area contributed by atoms with E-state index in [-0.39, 0.29) is 5.41 Å². The lowest BCUT2D eigenvalue weighted by molar-refractivity contribution is -0.0718. The number of nitrogens with zero attached hydrogens (tertiary/aromatic N) is 5. The first-order valence-electron chi connectivity index (χ1n) is 9.73. The molecule has 1 spiro atoms. The molecular formula is C21H29N5O. The van der Waals surface area contributed by atoms with Crippen LogP contribution < -0.4 is 0 Å². The van der Waals surface area contributed by atoms with Crippen LogP contribution in [0, 0.1) is 16.7 Å². The van der Waals surface area contributed by atoms with Gasteiger partial charge in [-0.1, -0.05) is 11.6 Å². The lowest BCUT2D eigenvalue weighted by atomic mass is 9.70. The molecule has 0 aromatic carbocycles. The third-order valence-electron chi connectivity index (χ3n) is 6.35. The van der Waals surface area contributed by atoms with Gasteiger partial charge >= 0.3 is 0 Å². The molecule has 3 aliphatic heterocycles. The number of likely N-dealkylation sites (N-methyl/N-ethyl adjacent to an activating group) is 2. The Morgan fingerprint density at radius 2 is 1.96 bits per heavy atom. The highest BCUT2D eigenvalue weighted by Gasteiger charge is 2.50. The third kappa shape index (κ3) is 3.10. The molecule has 27 heavy (non-hydrogen) atoms. The van der Waals surface area contributed by atoms with E-state index in [1.54, 1.807) is 13.2 Å². The van der Waals surface area contributed by atoms with Gasteiger partial charge in [-0.05, 0) is 38.6 Å². The molecule has 0 radical (unpaired) electrons. The molecule has 6 nitrogen and oxygen atoms in total. The van der Waals surface area contributed by atoms with Crippen LogP contribution in [0.4, 0.5) is 0 Å². The average molecular weight is 367 g/mol. The fourth-order valence-corrected chi connectivity index (χ4v) is 5.06. The number of hydroxylamine groups is 2. The van der Waals surface area contributed by atoms with Crippen molar-refractivity contribution in [1.29, 1.82) is 5.26 Å². The Labute approximate surface area is 162 Å². The van der Waals surface area contributed by atoms with E-state index in [9.17, 15) is 5.26 Å². The maximum Gasteiger partial charge on any atom is 0.0911 e. The Morgan fingerprint density at radius 1 is 1.19 bits per heavy atom. The second-order valence-electron chi connectivity index (χ2n) is 8.13. The van der Waals surface area contributed by atoms with E-state index in [1.807, 2.05) is 5.06 Å². The smallest absolute Gasteiger partial charge is 0.0911 e. The highest BCUT2D eigenvalue weighted by molar-refractivity contribution is 5.47. The monoisotopic (exact) mass is 367 g/mol. The Bertz CT molecular complexity index is 766. The molecule has 0 N–H and O–H groups in total. The van der Waals surface area contributed by atoms with Crippen molar-refractivity contribution in [2.75, 3.05) is 60.5 Å². The van der Waals surface area contributed by atoms with Crippen LogP contribution in [0.5, 0.6) is 0 Å². The molecule has 0 aromatic heterocycles. The van der Waals surface area contributed by atoms with Gasteiger partial charge in [0.15, 0.2) is 0 Å². The fourth-order valence-electron chi connectivity index (χ4n) is 5.06. The number of hydrogen-bond donors (Lipinski definition) is 0. The van der Waals surface area contributed by atoms with Crippen molar-refractivity contribution >= 4 is 0 Å². The van der Waals surface area contributed by atoms with Crippen LogP contribution in [0.2, 0.25) is 0 Å². The van der Waals surface area contributed by atoms with E-state index >= 15 is 0 Å². The van der Waals surface area contributed by atoms with Gasteiger partial charge in [0.1, 0.15) is 0 Å². The van der Waals surface area contributed by atoms with Gasteiger partial charge in [-0.25, -0.2) is 5.06 Å². The van der Waals surface area contributed by atoms with Crippen molar-refractivity contribution in [2.24, 2.45) is 5.41 Å². The molecule has 0 saturated carbocycles. The summed E-state index contributed by atoms with van der Waals surface area (Å²) in [6.45, 7) is 6.18. The lowest BCUT2D eigenvalue weighted by Crippen LogP contribution is -2.44. The summed E-state index contributed by atoms with van der Waals surface area (Å²) in [5.41, 5.74) is 5.13. The molecule has 1 aliphatic carbocycles. The number of rotatable bonds is 2. The minimum atomic E-state index is -0.117. The summed E-state index contributed by atoms with van der Waals surface area (Å²) in [4.78, 5) is 13.1. The molecule has 4 aliphatic rings. The van der Waals surface area contributed by atoms with Gasteiger partial charge in [0.25, 0.3) is 0 Å². The average Bonchev–Trinajstić information content (AvgIpc) is 2.90. The molecular weight excluding hydrogens is 338 g/mol. The Kier molecular flexibility index (Phi) is 4.85. The standard InChI is InChI=1S/C21H29N5O/c1-23-10-12-25(13-11-23)19-7-9-26(27-3)20-5-4-17(6-8-22)14-21(20)16-24(2)15-18(19)21/h5-7,9H,4,10-16H2,1-3H3/b17-6-. The van der Waals surface area contributed by atoms with E-state index in [4.69, 9.17) is 4.84 Å². The molecule has 1 unspecified atom stereocenters. The van der Waals surface area contributed by atoms with E-state index in [0.29, 0.717) is 0 Å². The van der Waals surface area contributed by atoms with Crippen molar-refractivity contribution in [3.05, 3.63) is 47.0 Å².